The summed E-state index contributed by atoms with van der Waals surface area (Å²) in [5.74, 6) is 0.295. The zero-order valence-electron chi connectivity index (χ0n) is 4.43. The quantitative estimate of drug-likeness (QED) is 0.497. The maximum absolute atomic E-state index is 10.2. The van der Waals surface area contributed by atoms with Gasteiger partial charge in [-0.1, -0.05) is 0 Å². The van der Waals surface area contributed by atoms with Gasteiger partial charge >= 0.3 is 5.97 Å². The predicted molar refractivity (Wildman–Crippen MR) is 30.4 cm³/mol. The van der Waals surface area contributed by atoms with Crippen LogP contribution in [0.15, 0.2) is 0 Å². The first-order chi connectivity index (χ1) is 3.31. The molecule has 0 atom stereocenters. The monoisotopic (exact) mass is 120 g/mol. The largest absolute Gasteiger partial charge is 0.468 e. The molecule has 0 fully saturated rings. The summed E-state index contributed by atoms with van der Waals surface area (Å²) < 4.78 is 4.33. The molecule has 2 nitrogen and oxygen atoms in total. The van der Waals surface area contributed by atoms with Gasteiger partial charge in [-0.05, 0) is 6.26 Å². The Morgan fingerprint density at radius 2 is 2.43 bits per heavy atom. The normalized spacial score (nSPS) is 8.29. The summed E-state index contributed by atoms with van der Waals surface area (Å²) in [5, 5.41) is 0. The van der Waals surface area contributed by atoms with Crippen LogP contribution >= 0.6 is 11.8 Å². The van der Waals surface area contributed by atoms with Crippen molar-refractivity contribution in [3.63, 3.8) is 0 Å². The minimum absolute atomic E-state index is 0.160. The lowest BCUT2D eigenvalue weighted by Gasteiger charge is -1.90. The van der Waals surface area contributed by atoms with Crippen LogP contribution in [0, 0.1) is 0 Å². The van der Waals surface area contributed by atoms with Crippen molar-refractivity contribution in [3.8, 4) is 0 Å². The topological polar surface area (TPSA) is 26.3 Å². The van der Waals surface area contributed by atoms with Gasteiger partial charge in [-0.15, -0.1) is 0 Å². The van der Waals surface area contributed by atoms with Crippen LogP contribution in [0.4, 0.5) is 0 Å². The van der Waals surface area contributed by atoms with E-state index in [1.165, 1.54) is 18.9 Å². The van der Waals surface area contributed by atoms with Crippen LogP contribution in [-0.4, -0.2) is 25.1 Å². The average Bonchev–Trinajstić information content (AvgIpc) is 1.68. The van der Waals surface area contributed by atoms with E-state index in [1.54, 1.807) is 0 Å². The summed E-state index contributed by atoms with van der Waals surface area (Å²) in [6, 6.07) is 0. The van der Waals surface area contributed by atoms with E-state index in [-0.39, 0.29) is 5.97 Å². The fourth-order valence-electron chi connectivity index (χ4n) is 0.177. The Balaban J connectivity index is 3.00. The molecule has 0 saturated carbocycles. The van der Waals surface area contributed by atoms with Gasteiger partial charge in [-0.3, -0.25) is 4.79 Å². The Morgan fingerprint density at radius 3 is 2.57 bits per heavy atom. The van der Waals surface area contributed by atoms with Crippen LogP contribution in [0.3, 0.4) is 0 Å². The second-order valence-corrected chi connectivity index (χ2v) is 1.88. The van der Waals surface area contributed by atoms with Gasteiger partial charge in [-0.25, -0.2) is 0 Å². The molecule has 0 unspecified atom stereocenters. The van der Waals surface area contributed by atoms with Crippen molar-refractivity contribution in [2.24, 2.45) is 0 Å². The van der Waals surface area contributed by atoms with E-state index in [0.717, 1.165) is 0 Å². The van der Waals surface area contributed by atoms with Crippen LogP contribution in [0.5, 0.6) is 0 Å². The van der Waals surface area contributed by atoms with Gasteiger partial charge in [-0.2, -0.15) is 11.8 Å². The summed E-state index contributed by atoms with van der Waals surface area (Å²) >= 11 is 1.46. The van der Waals surface area contributed by atoms with Gasteiger partial charge in [0, 0.05) is 0 Å². The van der Waals surface area contributed by atoms with E-state index in [9.17, 15) is 4.79 Å². The SMILES string of the molecule is COC(=O)CSC. The molecule has 0 radical (unpaired) electrons. The molecule has 0 bridgehead atoms. The highest BCUT2D eigenvalue weighted by atomic mass is 32.2. The fourth-order valence-corrected chi connectivity index (χ4v) is 0.530. The Labute approximate surface area is 47.2 Å². The summed E-state index contributed by atoms with van der Waals surface area (Å²) in [6.07, 6.45) is 1.86. The molecule has 0 aromatic rings. The Bertz CT molecular complexity index is 62.7. The summed E-state index contributed by atoms with van der Waals surface area (Å²) in [5.41, 5.74) is 0. The van der Waals surface area contributed by atoms with Crippen LogP contribution in [0.2, 0.25) is 0 Å². The fraction of sp³-hybridized carbons (Fsp3) is 0.750. The Hall–Kier alpha value is -0.180. The summed E-state index contributed by atoms with van der Waals surface area (Å²) in [7, 11) is 1.39. The maximum Gasteiger partial charge on any atom is 0.315 e. The standard InChI is InChI=1S/C4H8O2S/c1-6-4(5)3-7-2/h3H2,1-2H3. The minimum atomic E-state index is -0.160. The molecule has 0 aliphatic heterocycles. The highest BCUT2D eigenvalue weighted by Gasteiger charge is 1.93. The zero-order valence-corrected chi connectivity index (χ0v) is 5.25. The van der Waals surface area contributed by atoms with Gasteiger partial charge in [0.1, 0.15) is 0 Å². The van der Waals surface area contributed by atoms with Crippen molar-refractivity contribution in [2.75, 3.05) is 19.1 Å². The van der Waals surface area contributed by atoms with E-state index in [1.807, 2.05) is 6.26 Å². The third-order valence-electron chi connectivity index (χ3n) is 0.490. The lowest BCUT2D eigenvalue weighted by atomic mass is 10.8. The van der Waals surface area contributed by atoms with Crippen molar-refractivity contribution in [2.45, 2.75) is 0 Å². The van der Waals surface area contributed by atoms with Crippen molar-refractivity contribution >= 4 is 17.7 Å². The molecule has 0 saturated heterocycles. The van der Waals surface area contributed by atoms with Crippen LogP contribution in [0.1, 0.15) is 0 Å². The third-order valence-corrected chi connectivity index (χ3v) is 1.01. The van der Waals surface area contributed by atoms with Gasteiger partial charge < -0.3 is 4.74 Å². The maximum atomic E-state index is 10.2. The number of esters is 1. The number of hydrogen-bond acceptors (Lipinski definition) is 3. The molecule has 0 aromatic carbocycles. The molecule has 0 aliphatic rings. The number of hydrogen-bond donors (Lipinski definition) is 0. The second kappa shape index (κ2) is 3.99. The molecule has 0 rings (SSSR count). The first-order valence-corrected chi connectivity index (χ1v) is 3.26. The van der Waals surface area contributed by atoms with E-state index in [4.69, 9.17) is 0 Å². The number of rotatable bonds is 2. The number of carbonyl (C=O) groups excluding carboxylic acids is 1. The molecule has 0 N–H and O–H groups in total. The van der Waals surface area contributed by atoms with Gasteiger partial charge in [0.15, 0.2) is 0 Å². The smallest absolute Gasteiger partial charge is 0.315 e. The predicted octanol–water partition coefficient (Wildman–Crippen LogP) is 0.522. The first kappa shape index (κ1) is 6.82. The van der Waals surface area contributed by atoms with Gasteiger partial charge in [0.2, 0.25) is 0 Å². The minimum Gasteiger partial charge on any atom is -0.468 e. The van der Waals surface area contributed by atoms with Crippen LogP contribution in [-0.2, 0) is 9.53 Å². The number of thioether (sulfide) groups is 1. The average molecular weight is 120 g/mol. The zero-order chi connectivity index (χ0) is 5.70. The van der Waals surface area contributed by atoms with Crippen molar-refractivity contribution in [3.05, 3.63) is 0 Å². The van der Waals surface area contributed by atoms with E-state index >= 15 is 0 Å². The van der Waals surface area contributed by atoms with Crippen molar-refractivity contribution in [1.82, 2.24) is 0 Å². The van der Waals surface area contributed by atoms with Gasteiger partial charge in [0.05, 0.1) is 12.9 Å². The molecular formula is C4H8O2S. The summed E-state index contributed by atoms with van der Waals surface area (Å²) in [4.78, 5) is 10.2. The molecule has 0 aliphatic carbocycles. The van der Waals surface area contributed by atoms with Crippen LogP contribution in [0.25, 0.3) is 0 Å². The summed E-state index contributed by atoms with van der Waals surface area (Å²) in [6.45, 7) is 0. The van der Waals surface area contributed by atoms with Crippen molar-refractivity contribution < 1.29 is 9.53 Å². The lowest BCUT2D eigenvalue weighted by molar-refractivity contribution is -0.137. The van der Waals surface area contributed by atoms with Crippen molar-refractivity contribution in [1.29, 1.82) is 0 Å². The molecule has 0 aromatic heterocycles. The molecular weight excluding hydrogens is 112 g/mol. The van der Waals surface area contributed by atoms with Gasteiger partial charge in [0.25, 0.3) is 0 Å². The Kier molecular flexibility index (Phi) is 3.89. The lowest BCUT2D eigenvalue weighted by Crippen LogP contribution is -2.01. The second-order valence-electron chi connectivity index (χ2n) is 1.01. The molecule has 0 amide bonds. The number of methoxy groups -OCH3 is 1. The molecule has 7 heavy (non-hydrogen) atoms. The number of carbonyl (C=O) groups is 1. The highest BCUT2D eigenvalue weighted by molar-refractivity contribution is 7.99. The molecule has 3 heteroatoms. The number of ether oxygens (including phenoxy) is 1. The van der Waals surface area contributed by atoms with E-state index in [0.29, 0.717) is 5.75 Å². The highest BCUT2D eigenvalue weighted by Crippen LogP contribution is 1.90. The third kappa shape index (κ3) is 3.66. The van der Waals surface area contributed by atoms with E-state index in [2.05, 4.69) is 4.74 Å². The Morgan fingerprint density at radius 1 is 1.86 bits per heavy atom. The molecule has 0 spiro atoms. The van der Waals surface area contributed by atoms with Crippen LogP contribution < -0.4 is 0 Å². The van der Waals surface area contributed by atoms with E-state index < -0.39 is 0 Å². The molecule has 0 heterocycles. The molecule has 42 valence electrons. The first-order valence-electron chi connectivity index (χ1n) is 1.87.